The maximum atomic E-state index is 6.36. The van der Waals surface area contributed by atoms with Crippen LogP contribution in [-0.4, -0.2) is 26.3 Å². The lowest BCUT2D eigenvalue weighted by Crippen LogP contribution is -2.31. The van der Waals surface area contributed by atoms with Gasteiger partial charge in [-0.15, -0.1) is 0 Å². The van der Waals surface area contributed by atoms with Gasteiger partial charge >= 0.3 is 0 Å². The maximum absolute atomic E-state index is 6.36. The zero-order valence-electron chi connectivity index (χ0n) is 11.2. The maximum Gasteiger partial charge on any atom is 0.113 e. The number of likely N-dealkylation sites (N-methyl/N-ethyl adjacent to an activating group) is 1. The first-order chi connectivity index (χ1) is 9.54. The molecule has 0 amide bonds. The van der Waals surface area contributed by atoms with Crippen molar-refractivity contribution in [2.45, 2.75) is 12.5 Å². The topological polar surface area (TPSA) is 3.24 Å². The summed E-state index contributed by atoms with van der Waals surface area (Å²) in [6.45, 7) is 1.79. The van der Waals surface area contributed by atoms with E-state index in [4.69, 9.17) is 31.0 Å². The van der Waals surface area contributed by atoms with Crippen LogP contribution in [0.3, 0.4) is 0 Å². The Bertz CT molecular complexity index is 657. The van der Waals surface area contributed by atoms with Gasteiger partial charge in [0.2, 0.25) is 0 Å². The van der Waals surface area contributed by atoms with Gasteiger partial charge in [-0.2, -0.15) is 0 Å². The van der Waals surface area contributed by atoms with Crippen LogP contribution in [0.5, 0.6) is 0 Å². The molecule has 1 atom stereocenters. The smallest absolute Gasteiger partial charge is 0.113 e. The van der Waals surface area contributed by atoms with E-state index in [9.17, 15) is 0 Å². The van der Waals surface area contributed by atoms with Crippen LogP contribution in [0.1, 0.15) is 22.6 Å². The van der Waals surface area contributed by atoms with E-state index in [1.165, 1.54) is 11.1 Å². The first-order valence-electron chi connectivity index (χ1n) is 6.56. The zero-order valence-corrected chi connectivity index (χ0v) is 12.7. The van der Waals surface area contributed by atoms with E-state index >= 15 is 0 Å². The van der Waals surface area contributed by atoms with Gasteiger partial charge in [-0.05, 0) is 35.9 Å². The molecule has 2 aromatic rings. The van der Waals surface area contributed by atoms with Crippen molar-refractivity contribution in [3.63, 3.8) is 0 Å². The summed E-state index contributed by atoms with van der Waals surface area (Å²) in [6, 6.07) is 11.9. The van der Waals surface area contributed by atoms with Gasteiger partial charge in [-0.3, -0.25) is 0 Å². The van der Waals surface area contributed by atoms with Crippen LogP contribution in [0, 0.1) is 0 Å². The highest BCUT2D eigenvalue weighted by Crippen LogP contribution is 2.38. The van der Waals surface area contributed by atoms with Crippen molar-refractivity contribution in [2.24, 2.45) is 0 Å². The Balaban J connectivity index is 2.15. The van der Waals surface area contributed by atoms with Crippen molar-refractivity contribution in [2.75, 3.05) is 13.6 Å². The summed E-state index contributed by atoms with van der Waals surface area (Å²) in [5.41, 5.74) is 4.37. The Labute approximate surface area is 130 Å². The van der Waals surface area contributed by atoms with Gasteiger partial charge in [0, 0.05) is 29.1 Å². The van der Waals surface area contributed by atoms with Crippen molar-refractivity contribution in [3.8, 4) is 0 Å². The minimum absolute atomic E-state index is 0.253. The number of benzene rings is 2. The van der Waals surface area contributed by atoms with E-state index in [1.54, 1.807) is 0 Å². The predicted octanol–water partition coefficient (Wildman–Crippen LogP) is 3.36. The minimum Gasteiger partial charge on any atom is -0.301 e. The molecule has 0 aromatic heterocycles. The number of halogens is 2. The summed E-state index contributed by atoms with van der Waals surface area (Å²) in [4.78, 5) is 2.27. The van der Waals surface area contributed by atoms with Crippen molar-refractivity contribution in [1.82, 2.24) is 4.90 Å². The average molecular weight is 302 g/mol. The molecule has 2 radical (unpaired) electrons. The molecule has 1 nitrogen and oxygen atoms in total. The third-order valence-corrected chi connectivity index (χ3v) is 4.36. The summed E-state index contributed by atoms with van der Waals surface area (Å²) in [5, 5.41) is 1.43. The minimum atomic E-state index is 0.253. The van der Waals surface area contributed by atoms with E-state index < -0.39 is 0 Å². The van der Waals surface area contributed by atoms with Gasteiger partial charge in [0.25, 0.3) is 0 Å². The highest BCUT2D eigenvalue weighted by atomic mass is 35.5. The zero-order chi connectivity index (χ0) is 14.3. The van der Waals surface area contributed by atoms with Crippen LogP contribution in [0.15, 0.2) is 36.4 Å². The second kappa shape index (κ2) is 5.44. The fraction of sp³-hybridized carbons (Fsp3) is 0.250. The number of rotatable bonds is 1. The first kappa shape index (κ1) is 14.0. The SMILES string of the molecule is [B]c1cccc(C2CN(C)Cc3c(Cl)cc(Cl)cc32)c1. The van der Waals surface area contributed by atoms with E-state index in [1.807, 2.05) is 30.3 Å². The molecule has 1 aliphatic heterocycles. The van der Waals surface area contributed by atoms with Gasteiger partial charge in [0.05, 0.1) is 0 Å². The molecule has 100 valence electrons. The molecule has 3 rings (SSSR count). The fourth-order valence-electron chi connectivity index (χ4n) is 2.91. The summed E-state index contributed by atoms with van der Waals surface area (Å²) < 4.78 is 0. The van der Waals surface area contributed by atoms with Gasteiger partial charge in [0.1, 0.15) is 7.85 Å². The van der Waals surface area contributed by atoms with E-state index in [-0.39, 0.29) is 5.92 Å². The Morgan fingerprint density at radius 2 is 2.00 bits per heavy atom. The second-order valence-electron chi connectivity index (χ2n) is 5.37. The first-order valence-corrected chi connectivity index (χ1v) is 7.32. The van der Waals surface area contributed by atoms with Crippen molar-refractivity contribution >= 4 is 36.5 Å². The Hall–Kier alpha value is -0.955. The summed E-state index contributed by atoms with van der Waals surface area (Å²) in [6.07, 6.45) is 0. The Kier molecular flexibility index (Phi) is 3.81. The summed E-state index contributed by atoms with van der Waals surface area (Å²) >= 11 is 12.5. The van der Waals surface area contributed by atoms with E-state index in [0.29, 0.717) is 5.02 Å². The third-order valence-electron chi connectivity index (χ3n) is 3.81. The second-order valence-corrected chi connectivity index (χ2v) is 6.22. The molecule has 0 aliphatic carbocycles. The van der Waals surface area contributed by atoms with Crippen LogP contribution in [-0.2, 0) is 6.54 Å². The largest absolute Gasteiger partial charge is 0.301 e. The standard InChI is InChI=1S/C16H14BCl2N/c1-20-8-14(10-3-2-4-11(17)5-10)13-6-12(18)7-16(19)15(13)9-20/h2-7,14H,8-9H2,1H3. The molecular weight excluding hydrogens is 288 g/mol. The van der Waals surface area contributed by atoms with Crippen LogP contribution >= 0.6 is 23.2 Å². The lowest BCUT2D eigenvalue weighted by atomic mass is 9.82. The molecule has 1 unspecified atom stereocenters. The van der Waals surface area contributed by atoms with Crippen molar-refractivity contribution in [3.05, 3.63) is 63.1 Å². The molecule has 2 aromatic carbocycles. The quantitative estimate of drug-likeness (QED) is 0.730. The van der Waals surface area contributed by atoms with Crippen LogP contribution < -0.4 is 5.46 Å². The van der Waals surface area contributed by atoms with Crippen molar-refractivity contribution in [1.29, 1.82) is 0 Å². The monoisotopic (exact) mass is 301 g/mol. The summed E-state index contributed by atoms with van der Waals surface area (Å²) in [5.74, 6) is 0.253. The Morgan fingerprint density at radius 1 is 1.20 bits per heavy atom. The molecule has 20 heavy (non-hydrogen) atoms. The molecule has 0 spiro atoms. The highest BCUT2D eigenvalue weighted by molar-refractivity contribution is 6.35. The van der Waals surface area contributed by atoms with E-state index in [0.717, 1.165) is 29.1 Å². The molecule has 4 heteroatoms. The molecular formula is C16H14BCl2N. The van der Waals surface area contributed by atoms with Gasteiger partial charge in [0.15, 0.2) is 0 Å². The normalized spacial score (nSPS) is 18.9. The fourth-order valence-corrected chi connectivity index (χ4v) is 3.48. The molecule has 0 fully saturated rings. The van der Waals surface area contributed by atoms with E-state index in [2.05, 4.69) is 18.0 Å². The lowest BCUT2D eigenvalue weighted by Gasteiger charge is -2.33. The van der Waals surface area contributed by atoms with Gasteiger partial charge in [-0.1, -0.05) is 52.9 Å². The van der Waals surface area contributed by atoms with Crippen molar-refractivity contribution < 1.29 is 0 Å². The number of hydrogen-bond acceptors (Lipinski definition) is 1. The number of hydrogen-bond donors (Lipinski definition) is 0. The number of nitrogens with zero attached hydrogens (tertiary/aromatic N) is 1. The molecule has 0 saturated carbocycles. The van der Waals surface area contributed by atoms with Crippen LogP contribution in [0.25, 0.3) is 0 Å². The van der Waals surface area contributed by atoms with Gasteiger partial charge < -0.3 is 4.90 Å². The highest BCUT2D eigenvalue weighted by Gasteiger charge is 2.26. The Morgan fingerprint density at radius 3 is 2.75 bits per heavy atom. The molecule has 0 bridgehead atoms. The molecule has 0 N–H and O–H groups in total. The summed E-state index contributed by atoms with van der Waals surface area (Å²) in [7, 11) is 8.02. The molecule has 0 saturated heterocycles. The lowest BCUT2D eigenvalue weighted by molar-refractivity contribution is 0.295. The van der Waals surface area contributed by atoms with Crippen LogP contribution in [0.4, 0.5) is 0 Å². The number of fused-ring (bicyclic) bond motifs is 1. The van der Waals surface area contributed by atoms with Gasteiger partial charge in [-0.25, -0.2) is 0 Å². The molecule has 1 aliphatic rings. The van der Waals surface area contributed by atoms with Crippen LogP contribution in [0.2, 0.25) is 10.0 Å². The third kappa shape index (κ3) is 2.60. The molecule has 1 heterocycles. The average Bonchev–Trinajstić information content (AvgIpc) is 2.39. The predicted molar refractivity (Wildman–Crippen MR) is 86.5 cm³/mol.